The Morgan fingerprint density at radius 1 is 1.35 bits per heavy atom. The molecule has 0 aromatic carbocycles. The van der Waals surface area contributed by atoms with Gasteiger partial charge in [0.05, 0.1) is 0 Å². The van der Waals surface area contributed by atoms with Crippen molar-refractivity contribution in [2.45, 2.75) is 44.0 Å². The van der Waals surface area contributed by atoms with Crippen LogP contribution in [0.25, 0.3) is 0 Å². The maximum atomic E-state index is 12.9. The summed E-state index contributed by atoms with van der Waals surface area (Å²) in [5.41, 5.74) is 0.0632. The van der Waals surface area contributed by atoms with Crippen LogP contribution >= 0.6 is 15.9 Å². The summed E-state index contributed by atoms with van der Waals surface area (Å²) in [4.78, 5) is 4.28. The van der Waals surface area contributed by atoms with Crippen LogP contribution in [-0.2, 0) is 10.0 Å². The molecule has 1 saturated carbocycles. The number of hydrogen-bond acceptors (Lipinski definition) is 3. The largest absolute Gasteiger partial charge is 0.262 e. The minimum absolute atomic E-state index is 0.0632. The van der Waals surface area contributed by atoms with Gasteiger partial charge >= 0.3 is 0 Å². The second kappa shape index (κ2) is 4.78. The van der Waals surface area contributed by atoms with E-state index in [4.69, 9.17) is 0 Å². The molecule has 20 heavy (non-hydrogen) atoms. The van der Waals surface area contributed by atoms with E-state index in [1.807, 2.05) is 0 Å². The van der Waals surface area contributed by atoms with Crippen LogP contribution in [0.4, 0.5) is 0 Å². The van der Waals surface area contributed by atoms with Crippen molar-refractivity contribution in [3.05, 3.63) is 22.9 Å². The zero-order chi connectivity index (χ0) is 14.5. The average Bonchev–Trinajstić information content (AvgIpc) is 2.93. The van der Waals surface area contributed by atoms with E-state index < -0.39 is 10.0 Å². The molecule has 2 atom stereocenters. The van der Waals surface area contributed by atoms with Gasteiger partial charge in [0.25, 0.3) is 0 Å². The Labute approximate surface area is 128 Å². The zero-order valence-electron chi connectivity index (χ0n) is 11.7. The summed E-state index contributed by atoms with van der Waals surface area (Å²) in [6, 6.07) is 1.80. The lowest BCUT2D eigenvalue weighted by molar-refractivity contribution is 0.277. The van der Waals surface area contributed by atoms with E-state index >= 15 is 0 Å². The molecule has 0 amide bonds. The minimum atomic E-state index is -3.45. The molecule has 1 saturated heterocycles. The third-order valence-corrected chi connectivity index (χ3v) is 6.97. The van der Waals surface area contributed by atoms with Crippen LogP contribution in [0.5, 0.6) is 0 Å². The molecule has 4 nitrogen and oxygen atoms in total. The number of rotatable bonds is 2. The molecule has 1 aromatic heterocycles. The molecule has 0 spiro atoms. The van der Waals surface area contributed by atoms with Crippen molar-refractivity contribution in [1.29, 1.82) is 0 Å². The number of sulfonamides is 1. The van der Waals surface area contributed by atoms with Crippen molar-refractivity contribution in [2.24, 2.45) is 11.3 Å². The second-order valence-electron chi connectivity index (χ2n) is 6.48. The van der Waals surface area contributed by atoms with Gasteiger partial charge in [0.2, 0.25) is 10.0 Å². The topological polar surface area (TPSA) is 50.3 Å². The Balaban J connectivity index is 2.00. The normalized spacial score (nSPS) is 29.6. The van der Waals surface area contributed by atoms with Crippen molar-refractivity contribution in [2.75, 3.05) is 6.54 Å². The molecule has 1 aliphatic carbocycles. The first kappa shape index (κ1) is 14.5. The fraction of sp³-hybridized carbons (Fsp3) is 0.643. The predicted molar refractivity (Wildman–Crippen MR) is 80.7 cm³/mol. The molecule has 1 aromatic rings. The Bertz CT molecular complexity index is 630. The van der Waals surface area contributed by atoms with E-state index in [-0.39, 0.29) is 16.4 Å². The van der Waals surface area contributed by atoms with E-state index in [0.717, 1.165) is 19.3 Å². The highest BCUT2D eigenvalue weighted by molar-refractivity contribution is 9.10. The van der Waals surface area contributed by atoms with Crippen molar-refractivity contribution < 1.29 is 8.42 Å². The first-order valence-corrected chi connectivity index (χ1v) is 9.18. The highest BCUT2D eigenvalue weighted by Crippen LogP contribution is 2.50. The number of fused-ring (bicyclic) bond motifs is 1. The predicted octanol–water partition coefficient (Wildman–Crippen LogP) is 3.04. The van der Waals surface area contributed by atoms with Gasteiger partial charge in [0, 0.05) is 29.5 Å². The summed E-state index contributed by atoms with van der Waals surface area (Å²) < 4.78 is 28.2. The van der Waals surface area contributed by atoms with Gasteiger partial charge < -0.3 is 0 Å². The first-order chi connectivity index (χ1) is 9.32. The summed E-state index contributed by atoms with van der Waals surface area (Å²) >= 11 is 3.30. The fourth-order valence-electron chi connectivity index (χ4n) is 3.76. The lowest BCUT2D eigenvalue weighted by atomic mass is 9.80. The molecule has 2 fully saturated rings. The van der Waals surface area contributed by atoms with Gasteiger partial charge in [-0.2, -0.15) is 4.31 Å². The van der Waals surface area contributed by atoms with Crippen molar-refractivity contribution in [3.8, 4) is 0 Å². The van der Waals surface area contributed by atoms with Gasteiger partial charge in [-0.25, -0.2) is 8.42 Å². The molecule has 0 bridgehead atoms. The van der Waals surface area contributed by atoms with Gasteiger partial charge in [-0.15, -0.1) is 0 Å². The summed E-state index contributed by atoms with van der Waals surface area (Å²) in [6.45, 7) is 4.98. The quantitative estimate of drug-likeness (QED) is 0.816. The number of aromatic nitrogens is 1. The average molecular weight is 359 g/mol. The van der Waals surface area contributed by atoms with Crippen molar-refractivity contribution in [3.63, 3.8) is 0 Å². The smallest absolute Gasteiger partial charge is 0.244 e. The summed E-state index contributed by atoms with van der Waals surface area (Å²) in [7, 11) is -3.45. The Kier molecular flexibility index (Phi) is 3.46. The van der Waals surface area contributed by atoms with Gasteiger partial charge in [0.1, 0.15) is 4.90 Å². The lowest BCUT2D eigenvalue weighted by Crippen LogP contribution is -2.36. The lowest BCUT2D eigenvalue weighted by Gasteiger charge is -2.23. The molecular weight excluding hydrogens is 340 g/mol. The molecule has 3 rings (SSSR count). The van der Waals surface area contributed by atoms with E-state index in [1.165, 1.54) is 6.20 Å². The molecule has 0 radical (unpaired) electrons. The number of halogens is 1. The van der Waals surface area contributed by atoms with Crippen molar-refractivity contribution in [1.82, 2.24) is 9.29 Å². The standard InChI is InChI=1S/C14H19BrN2O2S/c1-14(2)9-17(13-5-3-4-12(13)14)20(18,19)11-6-10(15)7-16-8-11/h6-8,12-13H,3-5,9H2,1-2H3. The van der Waals surface area contributed by atoms with E-state index in [2.05, 4.69) is 34.8 Å². The van der Waals surface area contributed by atoms with Crippen LogP contribution in [0.15, 0.2) is 27.8 Å². The molecule has 110 valence electrons. The molecular formula is C14H19BrN2O2S. The van der Waals surface area contributed by atoms with Gasteiger partial charge in [-0.05, 0) is 46.2 Å². The van der Waals surface area contributed by atoms with E-state index in [1.54, 1.807) is 16.6 Å². The summed E-state index contributed by atoms with van der Waals surface area (Å²) in [5, 5.41) is 0. The highest BCUT2D eigenvalue weighted by atomic mass is 79.9. The number of nitrogens with zero attached hydrogens (tertiary/aromatic N) is 2. The molecule has 0 N–H and O–H groups in total. The maximum Gasteiger partial charge on any atom is 0.244 e. The SMILES string of the molecule is CC1(C)CN(S(=O)(=O)c2cncc(Br)c2)C2CCCC21. The first-order valence-electron chi connectivity index (χ1n) is 6.95. The molecule has 2 heterocycles. The fourth-order valence-corrected chi connectivity index (χ4v) is 6.13. The monoisotopic (exact) mass is 358 g/mol. The van der Waals surface area contributed by atoms with Crippen LogP contribution < -0.4 is 0 Å². The number of pyridine rings is 1. The second-order valence-corrected chi connectivity index (χ2v) is 9.29. The highest BCUT2D eigenvalue weighted by Gasteiger charge is 2.53. The van der Waals surface area contributed by atoms with E-state index in [0.29, 0.717) is 16.9 Å². The maximum absolute atomic E-state index is 12.9. The van der Waals surface area contributed by atoms with Crippen LogP contribution in [-0.4, -0.2) is 30.3 Å². The van der Waals surface area contributed by atoms with Crippen LogP contribution in [0, 0.1) is 11.3 Å². The third kappa shape index (κ3) is 2.22. The van der Waals surface area contributed by atoms with Gasteiger partial charge in [0.15, 0.2) is 0 Å². The minimum Gasteiger partial charge on any atom is -0.262 e. The Morgan fingerprint density at radius 3 is 2.80 bits per heavy atom. The van der Waals surface area contributed by atoms with Gasteiger partial charge in [-0.3, -0.25) is 4.98 Å². The Morgan fingerprint density at radius 2 is 2.10 bits per heavy atom. The Hall–Kier alpha value is -0.460. The molecule has 2 aliphatic rings. The molecule has 2 unspecified atom stereocenters. The van der Waals surface area contributed by atoms with Gasteiger partial charge in [-0.1, -0.05) is 20.3 Å². The van der Waals surface area contributed by atoms with Crippen LogP contribution in [0.1, 0.15) is 33.1 Å². The third-order valence-electron chi connectivity index (χ3n) is 4.70. The molecule has 1 aliphatic heterocycles. The van der Waals surface area contributed by atoms with Crippen LogP contribution in [0.3, 0.4) is 0 Å². The summed E-state index contributed by atoms with van der Waals surface area (Å²) in [5.74, 6) is 0.484. The summed E-state index contributed by atoms with van der Waals surface area (Å²) in [6.07, 6.45) is 6.29. The molecule has 6 heteroatoms. The van der Waals surface area contributed by atoms with Crippen molar-refractivity contribution >= 4 is 26.0 Å². The number of hydrogen-bond donors (Lipinski definition) is 0. The van der Waals surface area contributed by atoms with E-state index in [9.17, 15) is 8.42 Å². The van der Waals surface area contributed by atoms with Crippen LogP contribution in [0.2, 0.25) is 0 Å². The zero-order valence-corrected chi connectivity index (χ0v) is 14.1.